The molecule has 1 fully saturated rings. The van der Waals surface area contributed by atoms with E-state index in [1.807, 2.05) is 25.5 Å². The molecule has 8 nitrogen and oxygen atoms in total. The van der Waals surface area contributed by atoms with Crippen LogP contribution in [0.4, 0.5) is 18.3 Å². The van der Waals surface area contributed by atoms with Crippen LogP contribution >= 0.6 is 11.3 Å². The Morgan fingerprint density at radius 2 is 1.97 bits per heavy atom. The van der Waals surface area contributed by atoms with Crippen molar-refractivity contribution >= 4 is 33.4 Å². The van der Waals surface area contributed by atoms with E-state index in [9.17, 15) is 18.0 Å². The van der Waals surface area contributed by atoms with E-state index in [0.717, 1.165) is 30.2 Å². The molecule has 1 aliphatic rings. The van der Waals surface area contributed by atoms with Crippen molar-refractivity contribution in [1.29, 1.82) is 0 Å². The van der Waals surface area contributed by atoms with Gasteiger partial charge in [0, 0.05) is 35.8 Å². The summed E-state index contributed by atoms with van der Waals surface area (Å²) in [4.78, 5) is 21.6. The monoisotopic (exact) mass is 475 g/mol. The number of aryl methyl sites for hydroxylation is 3. The number of nitrogens with one attached hydrogen (secondary N) is 1. The molecule has 0 spiro atoms. The van der Waals surface area contributed by atoms with E-state index in [4.69, 9.17) is 0 Å². The molecule has 1 N–H and O–H groups in total. The molecule has 1 aliphatic carbocycles. The average molecular weight is 476 g/mol. The van der Waals surface area contributed by atoms with Crippen LogP contribution in [-0.2, 0) is 24.6 Å². The minimum atomic E-state index is -4.53. The number of amides is 1. The fraction of sp³-hybridized carbons (Fsp3) is 0.381. The summed E-state index contributed by atoms with van der Waals surface area (Å²) in [6.07, 6.45) is -1.07. The van der Waals surface area contributed by atoms with Gasteiger partial charge in [-0.15, -0.1) is 11.3 Å². The second-order valence-corrected chi connectivity index (χ2v) is 9.05. The normalized spacial score (nSPS) is 14.2. The van der Waals surface area contributed by atoms with Crippen LogP contribution in [0.1, 0.15) is 41.4 Å². The fourth-order valence-electron chi connectivity index (χ4n) is 3.90. The van der Waals surface area contributed by atoms with Crippen LogP contribution in [0, 0.1) is 13.8 Å². The van der Waals surface area contributed by atoms with Crippen LogP contribution in [0.2, 0.25) is 0 Å². The Hall–Kier alpha value is -3.28. The van der Waals surface area contributed by atoms with Gasteiger partial charge in [0.05, 0.1) is 28.0 Å². The van der Waals surface area contributed by atoms with Crippen LogP contribution in [-0.4, -0.2) is 35.4 Å². The van der Waals surface area contributed by atoms with E-state index in [1.54, 1.807) is 4.68 Å². The molecule has 0 unspecified atom stereocenters. The van der Waals surface area contributed by atoms with Gasteiger partial charge in [0.15, 0.2) is 10.8 Å². The lowest BCUT2D eigenvalue weighted by atomic mass is 10.1. The second kappa shape index (κ2) is 7.65. The Balaban J connectivity index is 1.42. The minimum Gasteiger partial charge on any atom is -0.300 e. The fourth-order valence-corrected chi connectivity index (χ4v) is 4.62. The molecule has 12 heteroatoms. The van der Waals surface area contributed by atoms with Gasteiger partial charge < -0.3 is 5.32 Å². The lowest BCUT2D eigenvalue weighted by Crippen LogP contribution is -2.20. The van der Waals surface area contributed by atoms with Gasteiger partial charge in [0.1, 0.15) is 6.54 Å². The highest BCUT2D eigenvalue weighted by atomic mass is 32.1. The van der Waals surface area contributed by atoms with E-state index in [2.05, 4.69) is 25.5 Å². The van der Waals surface area contributed by atoms with Crippen LogP contribution < -0.4 is 5.32 Å². The highest BCUT2D eigenvalue weighted by Gasteiger charge is 2.37. The topological polar surface area (TPSA) is 90.5 Å². The smallest absolute Gasteiger partial charge is 0.300 e. The maximum atomic E-state index is 13.7. The lowest BCUT2D eigenvalue weighted by molar-refractivity contribution is -0.136. The van der Waals surface area contributed by atoms with Crippen molar-refractivity contribution in [3.63, 3.8) is 0 Å². The minimum absolute atomic E-state index is 0.0256. The van der Waals surface area contributed by atoms with Gasteiger partial charge in [-0.05, 0) is 32.8 Å². The van der Waals surface area contributed by atoms with Gasteiger partial charge >= 0.3 is 6.18 Å². The zero-order chi connectivity index (χ0) is 23.5. The maximum absolute atomic E-state index is 13.7. The molecule has 0 bridgehead atoms. The number of thiazole rings is 1. The predicted molar refractivity (Wildman–Crippen MR) is 117 cm³/mol. The highest BCUT2D eigenvalue weighted by molar-refractivity contribution is 7.14. The summed E-state index contributed by atoms with van der Waals surface area (Å²) in [6, 6.07) is 1.12. The van der Waals surface area contributed by atoms with Crippen LogP contribution in [0.5, 0.6) is 0 Å². The van der Waals surface area contributed by atoms with Gasteiger partial charge in [-0.1, -0.05) is 0 Å². The third-order valence-electron chi connectivity index (χ3n) is 5.53. The number of carbonyl (C=O) groups is 1. The summed E-state index contributed by atoms with van der Waals surface area (Å²) >= 11 is 1.26. The number of hydrogen-bond donors (Lipinski definition) is 1. The molecule has 0 aromatic carbocycles. The number of alkyl halides is 3. The molecular formula is C21H20F3N7OS. The third-order valence-corrected chi connectivity index (χ3v) is 6.29. The largest absolute Gasteiger partial charge is 0.417 e. The van der Waals surface area contributed by atoms with Crippen molar-refractivity contribution in [3.05, 3.63) is 40.3 Å². The molecule has 1 saturated carbocycles. The van der Waals surface area contributed by atoms with E-state index in [0.29, 0.717) is 16.5 Å². The van der Waals surface area contributed by atoms with Crippen molar-refractivity contribution < 1.29 is 18.0 Å². The summed E-state index contributed by atoms with van der Waals surface area (Å²) in [5.74, 6) is -0.423. The number of nitrogens with zero attached hydrogens (tertiary/aromatic N) is 6. The molecule has 0 saturated heterocycles. The van der Waals surface area contributed by atoms with E-state index in [-0.39, 0.29) is 29.2 Å². The molecule has 5 rings (SSSR count). The van der Waals surface area contributed by atoms with Crippen molar-refractivity contribution in [2.45, 2.75) is 45.3 Å². The number of anilines is 1. The van der Waals surface area contributed by atoms with Gasteiger partial charge in [-0.2, -0.15) is 23.4 Å². The van der Waals surface area contributed by atoms with Gasteiger partial charge in [-0.3, -0.25) is 9.48 Å². The first kappa shape index (κ1) is 21.6. The summed E-state index contributed by atoms with van der Waals surface area (Å²) in [5, 5.41) is 13.3. The number of pyridine rings is 1. The van der Waals surface area contributed by atoms with E-state index in [1.165, 1.54) is 22.9 Å². The Morgan fingerprint density at radius 1 is 1.21 bits per heavy atom. The first-order chi connectivity index (χ1) is 15.6. The first-order valence-corrected chi connectivity index (χ1v) is 11.2. The Morgan fingerprint density at radius 3 is 2.61 bits per heavy atom. The standard InChI is InChI=1S/C21H20F3N7OS/c1-10-13(7-30(3)28-10)16-9-33-20(26-16)27-17(32)8-31-19-18(11(2)29-31)14(21(22,23)24)6-15(25-19)12-4-5-12/h6-7,9,12H,4-5,8H2,1-3H3,(H,26,27,32). The van der Waals surface area contributed by atoms with Crippen LogP contribution in [0.25, 0.3) is 22.3 Å². The van der Waals surface area contributed by atoms with Crippen molar-refractivity contribution in [1.82, 2.24) is 29.5 Å². The number of carbonyl (C=O) groups excluding carboxylic acids is 1. The summed E-state index contributed by atoms with van der Waals surface area (Å²) in [6.45, 7) is 3.09. The predicted octanol–water partition coefficient (Wildman–Crippen LogP) is 4.44. The number of hydrogen-bond acceptors (Lipinski definition) is 6. The first-order valence-electron chi connectivity index (χ1n) is 10.3. The number of aromatic nitrogens is 6. The van der Waals surface area contributed by atoms with Crippen molar-refractivity contribution in [3.8, 4) is 11.3 Å². The van der Waals surface area contributed by atoms with Crippen molar-refractivity contribution in [2.24, 2.45) is 7.05 Å². The molecule has 1 amide bonds. The number of rotatable bonds is 5. The Labute approximate surface area is 190 Å². The second-order valence-electron chi connectivity index (χ2n) is 8.20. The average Bonchev–Trinajstić information content (AvgIpc) is 3.29. The van der Waals surface area contributed by atoms with Crippen molar-refractivity contribution in [2.75, 3.05) is 5.32 Å². The zero-order valence-corrected chi connectivity index (χ0v) is 18.9. The van der Waals surface area contributed by atoms with Gasteiger partial charge in [-0.25, -0.2) is 14.6 Å². The maximum Gasteiger partial charge on any atom is 0.417 e. The molecule has 4 aromatic rings. The van der Waals surface area contributed by atoms with Gasteiger partial charge in [0.2, 0.25) is 5.91 Å². The van der Waals surface area contributed by atoms with E-state index >= 15 is 0 Å². The number of halogens is 3. The lowest BCUT2D eigenvalue weighted by Gasteiger charge is -2.11. The molecule has 0 atom stereocenters. The van der Waals surface area contributed by atoms with Crippen LogP contribution in [0.3, 0.4) is 0 Å². The number of fused-ring (bicyclic) bond motifs is 1. The third kappa shape index (κ3) is 4.10. The van der Waals surface area contributed by atoms with Crippen LogP contribution in [0.15, 0.2) is 17.6 Å². The molecule has 172 valence electrons. The molecule has 33 heavy (non-hydrogen) atoms. The highest BCUT2D eigenvalue weighted by Crippen LogP contribution is 2.43. The molecule has 4 heterocycles. The molecular weight excluding hydrogens is 455 g/mol. The summed E-state index contributed by atoms with van der Waals surface area (Å²) in [5.41, 5.74) is 2.26. The Bertz CT molecular complexity index is 1380. The molecule has 0 radical (unpaired) electrons. The van der Waals surface area contributed by atoms with E-state index < -0.39 is 17.6 Å². The zero-order valence-electron chi connectivity index (χ0n) is 18.1. The molecule has 4 aromatic heterocycles. The molecule has 0 aliphatic heterocycles. The quantitative estimate of drug-likeness (QED) is 0.461. The van der Waals surface area contributed by atoms with Gasteiger partial charge in [0.25, 0.3) is 0 Å². The Kier molecular flexibility index (Phi) is 5.00. The summed E-state index contributed by atoms with van der Waals surface area (Å²) in [7, 11) is 1.81. The summed E-state index contributed by atoms with van der Waals surface area (Å²) < 4.78 is 44.1. The SMILES string of the molecule is Cc1nn(C)cc1-c1csc(NC(=O)Cn2nc(C)c3c(C(F)(F)F)cc(C4CC4)nc32)n1.